The minimum absolute atomic E-state index is 0.323. The Bertz CT molecular complexity index is 544. The van der Waals surface area contributed by atoms with E-state index < -0.39 is 0 Å². The number of aromatic nitrogens is 3. The second-order valence-electron chi connectivity index (χ2n) is 4.38. The van der Waals surface area contributed by atoms with E-state index in [-0.39, 0.29) is 0 Å². The van der Waals surface area contributed by atoms with Gasteiger partial charge in [-0.3, -0.25) is 4.68 Å². The molecule has 0 spiro atoms. The Balaban J connectivity index is 2.03. The van der Waals surface area contributed by atoms with Crippen LogP contribution in [0, 0.1) is 0 Å². The van der Waals surface area contributed by atoms with Crippen LogP contribution in [0.2, 0.25) is 0 Å². The molecule has 2 aromatic rings. The van der Waals surface area contributed by atoms with E-state index in [9.17, 15) is 0 Å². The number of nitrogens with one attached hydrogen (secondary N) is 1. The normalized spacial score (nSPS) is 17.9. The minimum Gasteiger partial charge on any atom is -0.384 e. The van der Waals surface area contributed by atoms with Crippen LogP contribution in [0.5, 0.6) is 0 Å². The Hall–Kier alpha value is -1.84. The van der Waals surface area contributed by atoms with Gasteiger partial charge in [-0.2, -0.15) is 5.10 Å². The standard InChI is InChI=1S/C13H16N4/c1-3-12-15-13(17(2)16-12)10-8-14-11-7-5-4-6-9(10)11/h4-7,10,14H,3,8H2,1-2H3. The van der Waals surface area contributed by atoms with Crippen molar-refractivity contribution < 1.29 is 0 Å². The van der Waals surface area contributed by atoms with E-state index in [1.165, 1.54) is 11.3 Å². The second kappa shape index (κ2) is 3.87. The average molecular weight is 228 g/mol. The molecule has 1 atom stereocenters. The van der Waals surface area contributed by atoms with Gasteiger partial charge in [0.15, 0.2) is 5.82 Å². The van der Waals surface area contributed by atoms with Gasteiger partial charge in [-0.25, -0.2) is 4.98 Å². The van der Waals surface area contributed by atoms with Gasteiger partial charge in [0.05, 0.1) is 5.92 Å². The third-order valence-electron chi connectivity index (χ3n) is 3.30. The Morgan fingerprint density at radius 1 is 1.41 bits per heavy atom. The maximum atomic E-state index is 4.62. The van der Waals surface area contributed by atoms with Crippen molar-refractivity contribution in [3.8, 4) is 0 Å². The van der Waals surface area contributed by atoms with Gasteiger partial charge in [-0.15, -0.1) is 0 Å². The van der Waals surface area contributed by atoms with Gasteiger partial charge in [-0.05, 0) is 11.6 Å². The number of para-hydroxylation sites is 1. The van der Waals surface area contributed by atoms with Crippen molar-refractivity contribution in [3.05, 3.63) is 41.5 Å². The van der Waals surface area contributed by atoms with Crippen LogP contribution in [0.15, 0.2) is 24.3 Å². The molecule has 0 amide bonds. The highest BCUT2D eigenvalue weighted by molar-refractivity contribution is 5.59. The number of anilines is 1. The van der Waals surface area contributed by atoms with Crippen molar-refractivity contribution >= 4 is 5.69 Å². The zero-order valence-electron chi connectivity index (χ0n) is 10.1. The first kappa shape index (κ1) is 10.3. The van der Waals surface area contributed by atoms with E-state index in [1.54, 1.807) is 0 Å². The predicted octanol–water partition coefficient (Wildman–Crippen LogP) is 1.93. The number of fused-ring (bicyclic) bond motifs is 1. The van der Waals surface area contributed by atoms with Gasteiger partial charge in [0.2, 0.25) is 0 Å². The molecular weight excluding hydrogens is 212 g/mol. The fraction of sp³-hybridized carbons (Fsp3) is 0.385. The van der Waals surface area contributed by atoms with Crippen molar-refractivity contribution in [2.24, 2.45) is 7.05 Å². The zero-order valence-corrected chi connectivity index (χ0v) is 10.1. The zero-order chi connectivity index (χ0) is 11.8. The molecule has 1 aromatic carbocycles. The quantitative estimate of drug-likeness (QED) is 0.854. The third-order valence-corrected chi connectivity index (χ3v) is 3.30. The smallest absolute Gasteiger partial charge is 0.150 e. The van der Waals surface area contributed by atoms with E-state index >= 15 is 0 Å². The molecule has 1 aromatic heterocycles. The van der Waals surface area contributed by atoms with Gasteiger partial charge in [0.25, 0.3) is 0 Å². The molecular formula is C13H16N4. The van der Waals surface area contributed by atoms with E-state index in [2.05, 4.69) is 46.6 Å². The lowest BCUT2D eigenvalue weighted by molar-refractivity contribution is 0.667. The van der Waals surface area contributed by atoms with Gasteiger partial charge in [0, 0.05) is 25.7 Å². The van der Waals surface area contributed by atoms with Crippen molar-refractivity contribution in [1.29, 1.82) is 0 Å². The molecule has 1 aliphatic heterocycles. The summed E-state index contributed by atoms with van der Waals surface area (Å²) in [4.78, 5) is 4.62. The first-order chi connectivity index (χ1) is 8.29. The monoisotopic (exact) mass is 228 g/mol. The fourth-order valence-electron chi connectivity index (χ4n) is 2.42. The summed E-state index contributed by atoms with van der Waals surface area (Å²) in [7, 11) is 1.97. The van der Waals surface area contributed by atoms with Crippen LogP contribution in [0.3, 0.4) is 0 Å². The number of hydrogen-bond donors (Lipinski definition) is 1. The number of rotatable bonds is 2. The summed E-state index contributed by atoms with van der Waals surface area (Å²) in [5, 5.41) is 7.85. The van der Waals surface area contributed by atoms with Crippen molar-refractivity contribution in [3.63, 3.8) is 0 Å². The summed E-state index contributed by atoms with van der Waals surface area (Å²) < 4.78 is 1.91. The highest BCUT2D eigenvalue weighted by Crippen LogP contribution is 2.34. The summed E-state index contributed by atoms with van der Waals surface area (Å²) in [6.45, 7) is 3.00. The summed E-state index contributed by atoms with van der Waals surface area (Å²) in [5.41, 5.74) is 2.55. The van der Waals surface area contributed by atoms with Crippen LogP contribution in [0.1, 0.15) is 30.1 Å². The summed E-state index contributed by atoms with van der Waals surface area (Å²) in [6, 6.07) is 8.42. The summed E-state index contributed by atoms with van der Waals surface area (Å²) in [5.74, 6) is 2.30. The molecule has 4 nitrogen and oxygen atoms in total. The maximum absolute atomic E-state index is 4.62. The van der Waals surface area contributed by atoms with Crippen LogP contribution < -0.4 is 5.32 Å². The van der Waals surface area contributed by atoms with Crippen LogP contribution in [-0.4, -0.2) is 21.3 Å². The predicted molar refractivity (Wildman–Crippen MR) is 67.2 cm³/mol. The molecule has 3 rings (SSSR count). The SMILES string of the molecule is CCc1nc(C2CNc3ccccc32)n(C)n1. The molecule has 0 saturated heterocycles. The van der Waals surface area contributed by atoms with Gasteiger partial charge >= 0.3 is 0 Å². The van der Waals surface area contributed by atoms with Gasteiger partial charge in [-0.1, -0.05) is 25.1 Å². The Labute approximate surface area is 101 Å². The van der Waals surface area contributed by atoms with E-state index in [1.807, 2.05) is 11.7 Å². The largest absolute Gasteiger partial charge is 0.384 e. The minimum atomic E-state index is 0.323. The molecule has 2 heterocycles. The van der Waals surface area contributed by atoms with Crippen molar-refractivity contribution in [2.45, 2.75) is 19.3 Å². The Morgan fingerprint density at radius 3 is 3.00 bits per heavy atom. The molecule has 0 aliphatic carbocycles. The van der Waals surface area contributed by atoms with Crippen molar-refractivity contribution in [1.82, 2.24) is 14.8 Å². The van der Waals surface area contributed by atoms with Crippen LogP contribution in [-0.2, 0) is 13.5 Å². The molecule has 4 heteroatoms. The first-order valence-electron chi connectivity index (χ1n) is 6.02. The van der Waals surface area contributed by atoms with Gasteiger partial charge in [0.1, 0.15) is 5.82 Å². The number of benzene rings is 1. The Kier molecular flexibility index (Phi) is 2.35. The van der Waals surface area contributed by atoms with Crippen LogP contribution in [0.4, 0.5) is 5.69 Å². The van der Waals surface area contributed by atoms with Crippen LogP contribution >= 0.6 is 0 Å². The number of aryl methyl sites for hydroxylation is 2. The molecule has 0 saturated carbocycles. The molecule has 0 fully saturated rings. The molecule has 88 valence electrons. The average Bonchev–Trinajstić information content (AvgIpc) is 2.92. The molecule has 1 aliphatic rings. The second-order valence-corrected chi connectivity index (χ2v) is 4.38. The lowest BCUT2D eigenvalue weighted by Gasteiger charge is -2.08. The number of hydrogen-bond acceptors (Lipinski definition) is 3. The highest BCUT2D eigenvalue weighted by atomic mass is 15.3. The summed E-state index contributed by atoms with van der Waals surface area (Å²) in [6.07, 6.45) is 0.885. The van der Waals surface area contributed by atoms with E-state index in [0.717, 1.165) is 24.6 Å². The van der Waals surface area contributed by atoms with Crippen molar-refractivity contribution in [2.75, 3.05) is 11.9 Å². The van der Waals surface area contributed by atoms with Gasteiger partial charge < -0.3 is 5.32 Å². The van der Waals surface area contributed by atoms with Crippen LogP contribution in [0.25, 0.3) is 0 Å². The third kappa shape index (κ3) is 1.60. The first-order valence-corrected chi connectivity index (χ1v) is 6.02. The lowest BCUT2D eigenvalue weighted by atomic mass is 10.0. The van der Waals surface area contributed by atoms with E-state index in [0.29, 0.717) is 5.92 Å². The maximum Gasteiger partial charge on any atom is 0.150 e. The summed E-state index contributed by atoms with van der Waals surface area (Å²) >= 11 is 0. The lowest BCUT2D eigenvalue weighted by Crippen LogP contribution is -2.10. The Morgan fingerprint density at radius 2 is 2.24 bits per heavy atom. The molecule has 0 bridgehead atoms. The fourth-order valence-corrected chi connectivity index (χ4v) is 2.42. The molecule has 1 N–H and O–H groups in total. The highest BCUT2D eigenvalue weighted by Gasteiger charge is 2.27. The molecule has 17 heavy (non-hydrogen) atoms. The topological polar surface area (TPSA) is 42.7 Å². The number of nitrogens with zero attached hydrogens (tertiary/aromatic N) is 3. The molecule has 1 unspecified atom stereocenters. The molecule has 0 radical (unpaired) electrons. The van der Waals surface area contributed by atoms with E-state index in [4.69, 9.17) is 0 Å².